The minimum absolute atomic E-state index is 0.0875. The normalized spacial score (nSPS) is 10.9. The Labute approximate surface area is 102 Å². The fraction of sp³-hybridized carbons (Fsp3) is 0.667. The molecule has 0 aliphatic carbocycles. The van der Waals surface area contributed by atoms with Gasteiger partial charge in [-0.1, -0.05) is 13.8 Å². The molecule has 0 amide bonds. The highest BCUT2D eigenvalue weighted by molar-refractivity contribution is 5.11. The lowest BCUT2D eigenvalue weighted by Gasteiger charge is -2.17. The molecule has 1 aromatic heterocycles. The number of aliphatic hydroxyl groups is 1. The van der Waals surface area contributed by atoms with Crippen LogP contribution in [0.3, 0.4) is 0 Å². The minimum atomic E-state index is -0.0875. The Morgan fingerprint density at radius 1 is 1.29 bits per heavy atom. The lowest BCUT2D eigenvalue weighted by molar-refractivity contribution is 0.209. The summed E-state index contributed by atoms with van der Waals surface area (Å²) in [6.07, 6.45) is 0. The van der Waals surface area contributed by atoms with Gasteiger partial charge in [-0.3, -0.25) is 0 Å². The van der Waals surface area contributed by atoms with E-state index < -0.39 is 0 Å². The first kappa shape index (κ1) is 13.9. The number of rotatable bonds is 7. The third kappa shape index (κ3) is 4.66. The first-order chi connectivity index (χ1) is 8.19. The summed E-state index contributed by atoms with van der Waals surface area (Å²) >= 11 is 0. The Hall–Kier alpha value is -1.20. The van der Waals surface area contributed by atoms with Gasteiger partial charge >= 0.3 is 6.01 Å². The highest BCUT2D eigenvalue weighted by Crippen LogP contribution is 2.06. The number of aliphatic hydroxyl groups excluding tert-OH is 1. The Morgan fingerprint density at radius 3 is 2.59 bits per heavy atom. The molecule has 17 heavy (non-hydrogen) atoms. The zero-order valence-electron chi connectivity index (χ0n) is 10.8. The molecule has 5 heteroatoms. The first-order valence-electron chi connectivity index (χ1n) is 6.00. The predicted molar refractivity (Wildman–Crippen MR) is 66.0 cm³/mol. The van der Waals surface area contributed by atoms with Crippen molar-refractivity contribution in [3.8, 4) is 6.01 Å². The van der Waals surface area contributed by atoms with Crippen molar-refractivity contribution in [1.82, 2.24) is 14.9 Å². The van der Waals surface area contributed by atoms with E-state index in [1.54, 1.807) is 6.07 Å². The number of ether oxygens (including phenoxy) is 1. The van der Waals surface area contributed by atoms with Gasteiger partial charge in [0, 0.05) is 12.2 Å². The van der Waals surface area contributed by atoms with Crippen molar-refractivity contribution >= 4 is 0 Å². The molecule has 96 valence electrons. The lowest BCUT2D eigenvalue weighted by Crippen LogP contribution is -2.28. The van der Waals surface area contributed by atoms with E-state index in [1.165, 1.54) is 0 Å². The average molecular weight is 239 g/mol. The molecule has 0 fully saturated rings. The molecule has 0 aliphatic rings. The molecule has 0 saturated heterocycles. The van der Waals surface area contributed by atoms with Gasteiger partial charge < -0.3 is 14.7 Å². The van der Waals surface area contributed by atoms with E-state index in [0.717, 1.165) is 25.3 Å². The Morgan fingerprint density at radius 2 is 2.00 bits per heavy atom. The van der Waals surface area contributed by atoms with Gasteiger partial charge in [0.25, 0.3) is 0 Å². The van der Waals surface area contributed by atoms with E-state index in [1.807, 2.05) is 6.92 Å². The fourth-order valence-electron chi connectivity index (χ4n) is 1.56. The number of nitrogens with zero attached hydrogens (tertiary/aromatic N) is 3. The van der Waals surface area contributed by atoms with Crippen molar-refractivity contribution in [3.05, 3.63) is 17.5 Å². The van der Waals surface area contributed by atoms with Crippen LogP contribution in [0.15, 0.2) is 6.07 Å². The second kappa shape index (κ2) is 7.19. The van der Waals surface area contributed by atoms with E-state index in [9.17, 15) is 0 Å². The summed E-state index contributed by atoms with van der Waals surface area (Å²) in [5.41, 5.74) is 1.40. The number of aromatic nitrogens is 2. The van der Waals surface area contributed by atoms with Crippen LogP contribution in [0.25, 0.3) is 0 Å². The molecule has 0 bridgehead atoms. The van der Waals surface area contributed by atoms with Crippen LogP contribution < -0.4 is 4.74 Å². The fourth-order valence-corrected chi connectivity index (χ4v) is 1.56. The van der Waals surface area contributed by atoms with Gasteiger partial charge in [0.2, 0.25) is 0 Å². The van der Waals surface area contributed by atoms with Crippen LogP contribution in [-0.2, 0) is 6.61 Å². The maximum atomic E-state index is 9.02. The summed E-state index contributed by atoms with van der Waals surface area (Å²) in [6.45, 7) is 9.46. The molecular formula is C12H21N3O2. The number of hydrogen-bond donors (Lipinski definition) is 1. The summed E-state index contributed by atoms with van der Waals surface area (Å²) in [5, 5.41) is 9.02. The molecule has 1 aromatic rings. The molecule has 1 rings (SSSR count). The smallest absolute Gasteiger partial charge is 0.316 e. The standard InChI is InChI=1S/C12H21N3O2/c1-4-15(5-2)6-7-17-12-13-10(3)8-11(9-16)14-12/h8,16H,4-7,9H2,1-3H3. The summed E-state index contributed by atoms with van der Waals surface area (Å²) < 4.78 is 5.49. The van der Waals surface area contributed by atoms with Gasteiger partial charge in [0.1, 0.15) is 6.61 Å². The highest BCUT2D eigenvalue weighted by atomic mass is 16.5. The van der Waals surface area contributed by atoms with Crippen LogP contribution in [0, 0.1) is 6.92 Å². The van der Waals surface area contributed by atoms with E-state index in [2.05, 4.69) is 28.7 Å². The number of aryl methyl sites for hydroxylation is 1. The van der Waals surface area contributed by atoms with Crippen LogP contribution in [0.4, 0.5) is 0 Å². The summed E-state index contributed by atoms with van der Waals surface area (Å²) in [6, 6.07) is 2.10. The highest BCUT2D eigenvalue weighted by Gasteiger charge is 2.04. The van der Waals surface area contributed by atoms with Gasteiger partial charge in [0.05, 0.1) is 12.3 Å². The van der Waals surface area contributed by atoms with E-state index in [-0.39, 0.29) is 6.61 Å². The van der Waals surface area contributed by atoms with E-state index >= 15 is 0 Å². The van der Waals surface area contributed by atoms with Gasteiger partial charge in [-0.2, -0.15) is 4.98 Å². The first-order valence-corrected chi connectivity index (χ1v) is 6.00. The van der Waals surface area contributed by atoms with Crippen LogP contribution >= 0.6 is 0 Å². The summed E-state index contributed by atoms with van der Waals surface area (Å²) in [7, 11) is 0. The molecule has 5 nitrogen and oxygen atoms in total. The molecule has 0 unspecified atom stereocenters. The monoisotopic (exact) mass is 239 g/mol. The molecule has 0 saturated carbocycles. The second-order valence-electron chi connectivity index (χ2n) is 3.82. The van der Waals surface area contributed by atoms with Crippen LogP contribution in [0.2, 0.25) is 0 Å². The Balaban J connectivity index is 2.48. The van der Waals surface area contributed by atoms with Crippen molar-refractivity contribution in [1.29, 1.82) is 0 Å². The summed E-state index contributed by atoms with van der Waals surface area (Å²) in [5.74, 6) is 0. The van der Waals surface area contributed by atoms with Gasteiger partial charge in [-0.25, -0.2) is 4.98 Å². The topological polar surface area (TPSA) is 58.5 Å². The van der Waals surface area contributed by atoms with Crippen LogP contribution in [-0.4, -0.2) is 46.2 Å². The van der Waals surface area contributed by atoms with Crippen molar-refractivity contribution < 1.29 is 9.84 Å². The van der Waals surface area contributed by atoms with Crippen molar-refractivity contribution in [2.75, 3.05) is 26.2 Å². The quantitative estimate of drug-likeness (QED) is 0.769. The zero-order valence-corrected chi connectivity index (χ0v) is 10.8. The summed E-state index contributed by atoms with van der Waals surface area (Å²) in [4.78, 5) is 10.5. The Kier molecular flexibility index (Phi) is 5.86. The molecule has 0 radical (unpaired) electrons. The van der Waals surface area contributed by atoms with Crippen LogP contribution in [0.1, 0.15) is 25.2 Å². The molecule has 0 aliphatic heterocycles. The average Bonchev–Trinajstić information content (AvgIpc) is 2.34. The maximum Gasteiger partial charge on any atom is 0.316 e. The second-order valence-corrected chi connectivity index (χ2v) is 3.82. The van der Waals surface area contributed by atoms with Gasteiger partial charge in [-0.15, -0.1) is 0 Å². The van der Waals surface area contributed by atoms with Crippen molar-refractivity contribution in [2.24, 2.45) is 0 Å². The molecule has 0 aromatic carbocycles. The molecule has 1 N–H and O–H groups in total. The third-order valence-electron chi connectivity index (χ3n) is 2.58. The van der Waals surface area contributed by atoms with Crippen LogP contribution in [0.5, 0.6) is 6.01 Å². The Bertz CT molecular complexity index is 341. The number of hydrogen-bond acceptors (Lipinski definition) is 5. The lowest BCUT2D eigenvalue weighted by atomic mass is 10.3. The maximum absolute atomic E-state index is 9.02. The third-order valence-corrected chi connectivity index (χ3v) is 2.58. The molecule has 0 spiro atoms. The SMILES string of the molecule is CCN(CC)CCOc1nc(C)cc(CO)n1. The van der Waals surface area contributed by atoms with E-state index in [4.69, 9.17) is 9.84 Å². The molecule has 1 heterocycles. The predicted octanol–water partition coefficient (Wildman–Crippen LogP) is 0.998. The minimum Gasteiger partial charge on any atom is -0.462 e. The zero-order chi connectivity index (χ0) is 12.7. The largest absolute Gasteiger partial charge is 0.462 e. The van der Waals surface area contributed by atoms with Crippen molar-refractivity contribution in [2.45, 2.75) is 27.4 Å². The molecule has 0 atom stereocenters. The molecular weight excluding hydrogens is 218 g/mol. The number of likely N-dealkylation sites (N-methyl/N-ethyl adjacent to an activating group) is 1. The van der Waals surface area contributed by atoms with E-state index in [0.29, 0.717) is 18.3 Å². The van der Waals surface area contributed by atoms with Crippen molar-refractivity contribution in [3.63, 3.8) is 0 Å². The van der Waals surface area contributed by atoms with Gasteiger partial charge in [0.15, 0.2) is 0 Å². The van der Waals surface area contributed by atoms with Gasteiger partial charge in [-0.05, 0) is 26.1 Å².